The summed E-state index contributed by atoms with van der Waals surface area (Å²) in [5.41, 5.74) is 8.03. The van der Waals surface area contributed by atoms with Crippen LogP contribution in [-0.2, 0) is 0 Å². The van der Waals surface area contributed by atoms with Gasteiger partial charge in [-0.25, -0.2) is 15.0 Å². The van der Waals surface area contributed by atoms with E-state index in [9.17, 15) is 5.26 Å². The molecule has 0 N–H and O–H groups in total. The predicted molar refractivity (Wildman–Crippen MR) is 205 cm³/mol. The van der Waals surface area contributed by atoms with Crippen molar-refractivity contribution in [2.24, 2.45) is 0 Å². The van der Waals surface area contributed by atoms with Crippen molar-refractivity contribution in [2.75, 3.05) is 0 Å². The molecule has 5 aromatic carbocycles. The Labute approximate surface area is 297 Å². The summed E-state index contributed by atoms with van der Waals surface area (Å²) in [5.74, 6) is 1.59. The molecule has 0 saturated carbocycles. The minimum atomic E-state index is 0.484. The molecule has 0 aliphatic heterocycles. The highest BCUT2D eigenvalue weighted by Gasteiger charge is 2.24. The largest absolute Gasteiger partial charge is 0.306 e. The Morgan fingerprint density at radius 2 is 0.827 bits per heavy atom. The van der Waals surface area contributed by atoms with Gasteiger partial charge in [-0.15, -0.1) is 0 Å². The topological polar surface area (TPSA) is 98.1 Å². The van der Waals surface area contributed by atoms with Crippen molar-refractivity contribution in [2.45, 2.75) is 0 Å². The van der Waals surface area contributed by atoms with Gasteiger partial charge in [0.05, 0.1) is 45.8 Å². The molecule has 0 radical (unpaired) electrons. The highest BCUT2D eigenvalue weighted by Crippen LogP contribution is 2.39. The van der Waals surface area contributed by atoms with Gasteiger partial charge in [0.25, 0.3) is 0 Å². The standard InChI is InChI=1S/C44H26N8/c45-25-35-38(51-36-17-9-7-15-31(36)33-19-21-46-26-40(33)51)23-30(24-39(35)52-37-18-10-8-16-32(37)34-20-22-47-27-41(34)52)44-49-42(28-11-3-1-4-12-28)48-43(50-44)29-13-5-2-6-14-29/h1-24,26-27H. The smallest absolute Gasteiger partial charge is 0.164 e. The monoisotopic (exact) mass is 666 g/mol. The SMILES string of the molecule is N#Cc1c(-n2c3ccccc3c3ccncc32)cc(-c2nc(-c3ccccc3)nc(-c3ccccc3)n2)cc1-n1c2ccccc2c2ccncc21. The van der Waals surface area contributed by atoms with E-state index in [4.69, 9.17) is 15.0 Å². The third-order valence-electron chi connectivity index (χ3n) is 9.60. The fraction of sp³-hybridized carbons (Fsp3) is 0. The van der Waals surface area contributed by atoms with Gasteiger partial charge in [-0.2, -0.15) is 5.26 Å². The first-order valence-electron chi connectivity index (χ1n) is 16.9. The molecule has 0 atom stereocenters. The van der Waals surface area contributed by atoms with E-state index in [0.29, 0.717) is 34.4 Å². The molecule has 8 nitrogen and oxygen atoms in total. The van der Waals surface area contributed by atoms with E-state index >= 15 is 0 Å². The number of hydrogen-bond acceptors (Lipinski definition) is 6. The highest BCUT2D eigenvalue weighted by atomic mass is 15.1. The van der Waals surface area contributed by atoms with Crippen molar-refractivity contribution in [3.63, 3.8) is 0 Å². The third kappa shape index (κ3) is 4.57. The summed E-state index contributed by atoms with van der Waals surface area (Å²) in [6, 6.07) is 47.0. The second-order valence-electron chi connectivity index (χ2n) is 12.5. The number of benzene rings is 5. The molecule has 0 aliphatic rings. The van der Waals surface area contributed by atoms with Crippen LogP contribution >= 0.6 is 0 Å². The Bertz CT molecular complexity index is 2730. The van der Waals surface area contributed by atoms with E-state index in [2.05, 4.69) is 49.4 Å². The zero-order valence-electron chi connectivity index (χ0n) is 27.6. The van der Waals surface area contributed by atoms with Crippen LogP contribution in [0.15, 0.2) is 158 Å². The molecule has 5 heterocycles. The van der Waals surface area contributed by atoms with Crippen LogP contribution in [-0.4, -0.2) is 34.1 Å². The van der Waals surface area contributed by atoms with E-state index in [1.165, 1.54) is 0 Å². The Kier molecular flexibility index (Phi) is 6.69. The normalized spacial score (nSPS) is 11.4. The number of nitriles is 1. The molecule has 0 saturated heterocycles. The third-order valence-corrected chi connectivity index (χ3v) is 9.60. The van der Waals surface area contributed by atoms with Crippen LogP contribution in [0.1, 0.15) is 5.56 Å². The van der Waals surface area contributed by atoms with Crippen molar-refractivity contribution in [3.05, 3.63) is 164 Å². The van der Waals surface area contributed by atoms with Gasteiger partial charge in [-0.3, -0.25) is 9.97 Å². The molecular weight excluding hydrogens is 641 g/mol. The molecule has 52 heavy (non-hydrogen) atoms. The Morgan fingerprint density at radius 3 is 1.29 bits per heavy atom. The van der Waals surface area contributed by atoms with E-state index in [-0.39, 0.29) is 0 Å². The van der Waals surface area contributed by atoms with Gasteiger partial charge in [-0.05, 0) is 36.4 Å². The fourth-order valence-corrected chi connectivity index (χ4v) is 7.30. The van der Waals surface area contributed by atoms with Crippen LogP contribution in [0.2, 0.25) is 0 Å². The zero-order valence-corrected chi connectivity index (χ0v) is 27.6. The average Bonchev–Trinajstić information content (AvgIpc) is 3.74. The van der Waals surface area contributed by atoms with Gasteiger partial charge in [-0.1, -0.05) is 97.1 Å². The van der Waals surface area contributed by atoms with Gasteiger partial charge in [0.1, 0.15) is 11.6 Å². The fourth-order valence-electron chi connectivity index (χ4n) is 7.30. The van der Waals surface area contributed by atoms with Crippen LogP contribution in [0.3, 0.4) is 0 Å². The molecule has 0 fully saturated rings. The Morgan fingerprint density at radius 1 is 0.423 bits per heavy atom. The van der Waals surface area contributed by atoms with Gasteiger partial charge >= 0.3 is 0 Å². The van der Waals surface area contributed by atoms with Crippen LogP contribution in [0, 0.1) is 11.3 Å². The van der Waals surface area contributed by atoms with Crippen LogP contribution in [0.4, 0.5) is 0 Å². The molecule has 242 valence electrons. The quantitative estimate of drug-likeness (QED) is 0.181. The number of para-hydroxylation sites is 2. The minimum absolute atomic E-state index is 0.484. The summed E-state index contributed by atoms with van der Waals surface area (Å²) in [6.45, 7) is 0. The Balaban J connectivity index is 1.36. The number of pyridine rings is 2. The molecule has 10 aromatic rings. The lowest BCUT2D eigenvalue weighted by molar-refractivity contribution is 1.06. The number of rotatable bonds is 5. The summed E-state index contributed by atoms with van der Waals surface area (Å²) in [6.07, 6.45) is 7.32. The maximum atomic E-state index is 11.2. The first-order chi connectivity index (χ1) is 25.8. The lowest BCUT2D eigenvalue weighted by Gasteiger charge is -2.18. The number of hydrogen-bond donors (Lipinski definition) is 0. The van der Waals surface area contributed by atoms with E-state index < -0.39 is 0 Å². The first-order valence-corrected chi connectivity index (χ1v) is 16.9. The molecule has 5 aromatic heterocycles. The molecule has 8 heteroatoms. The number of nitrogens with zero attached hydrogens (tertiary/aromatic N) is 8. The highest BCUT2D eigenvalue weighted by molar-refractivity contribution is 6.11. The lowest BCUT2D eigenvalue weighted by atomic mass is 10.0. The van der Waals surface area contributed by atoms with E-state index in [1.54, 1.807) is 12.4 Å². The molecule has 0 spiro atoms. The van der Waals surface area contributed by atoms with Crippen molar-refractivity contribution < 1.29 is 0 Å². The molecular formula is C44H26N8. The lowest BCUT2D eigenvalue weighted by Crippen LogP contribution is -2.07. The van der Waals surface area contributed by atoms with E-state index in [0.717, 1.165) is 60.3 Å². The summed E-state index contributed by atoms with van der Waals surface area (Å²) >= 11 is 0. The maximum Gasteiger partial charge on any atom is 0.164 e. The minimum Gasteiger partial charge on any atom is -0.306 e. The molecule has 10 rings (SSSR count). The summed E-state index contributed by atoms with van der Waals surface area (Å²) in [5, 5.41) is 15.4. The van der Waals surface area contributed by atoms with Gasteiger partial charge < -0.3 is 9.13 Å². The van der Waals surface area contributed by atoms with Gasteiger partial charge in [0.15, 0.2) is 17.5 Å². The van der Waals surface area contributed by atoms with Crippen LogP contribution < -0.4 is 0 Å². The summed E-state index contributed by atoms with van der Waals surface area (Å²) in [4.78, 5) is 24.2. The van der Waals surface area contributed by atoms with E-state index in [1.807, 2.05) is 122 Å². The maximum absolute atomic E-state index is 11.2. The van der Waals surface area contributed by atoms with Crippen molar-refractivity contribution in [1.29, 1.82) is 5.26 Å². The molecule has 0 aliphatic carbocycles. The van der Waals surface area contributed by atoms with Crippen molar-refractivity contribution in [1.82, 2.24) is 34.1 Å². The predicted octanol–water partition coefficient (Wildman–Crippen LogP) is 9.73. The molecule has 0 unspecified atom stereocenters. The second-order valence-corrected chi connectivity index (χ2v) is 12.5. The first kappa shape index (κ1) is 29.4. The summed E-state index contributed by atoms with van der Waals surface area (Å²) in [7, 11) is 0. The van der Waals surface area contributed by atoms with Gasteiger partial charge in [0.2, 0.25) is 0 Å². The van der Waals surface area contributed by atoms with Crippen molar-refractivity contribution >= 4 is 43.6 Å². The van der Waals surface area contributed by atoms with Gasteiger partial charge in [0, 0.05) is 50.6 Å². The number of fused-ring (bicyclic) bond motifs is 6. The molecule has 0 bridgehead atoms. The Hall–Kier alpha value is -7.50. The molecule has 0 amide bonds. The average molecular weight is 667 g/mol. The van der Waals surface area contributed by atoms with Crippen LogP contribution in [0.25, 0.3) is 89.2 Å². The zero-order chi connectivity index (χ0) is 34.6. The van der Waals surface area contributed by atoms with Crippen molar-refractivity contribution in [3.8, 4) is 51.6 Å². The second kappa shape index (κ2) is 11.8. The van der Waals surface area contributed by atoms with Crippen LogP contribution in [0.5, 0.6) is 0 Å². The number of aromatic nitrogens is 7. The summed E-state index contributed by atoms with van der Waals surface area (Å²) < 4.78 is 4.26.